The third kappa shape index (κ3) is 7.60. The number of sulfone groups is 1. The first-order chi connectivity index (χ1) is 18.2. The fraction of sp³-hybridized carbons (Fsp3) is 0.400. The molecule has 0 aliphatic rings. The van der Waals surface area contributed by atoms with Crippen LogP contribution in [0.1, 0.15) is 45.7 Å². The number of hydrogen-bond donors (Lipinski definition) is 1. The molecule has 212 valence electrons. The van der Waals surface area contributed by atoms with Gasteiger partial charge >= 0.3 is 5.25 Å². The molecule has 9 heteroatoms. The van der Waals surface area contributed by atoms with Crippen molar-refractivity contribution in [2.45, 2.75) is 74.7 Å². The Labute approximate surface area is 234 Å². The van der Waals surface area contributed by atoms with Crippen molar-refractivity contribution >= 4 is 20.8 Å². The van der Waals surface area contributed by atoms with E-state index in [1.54, 1.807) is 40.7 Å². The number of rotatable bonds is 12. The third-order valence-electron chi connectivity index (χ3n) is 6.47. The molecular formula is C30H38F2N2O3S2. The standard InChI is InChI=1S/C30H38F2N2O3S2/c1-23(2)27(34(21-24-15-9-6-10-16-24)22-25-17-11-7-12-18-25)28(33-38(35)29(3,4)5)30(31,32)39(36,37)26-19-13-8-14-20-26/h6-20,23,27-28,33H,21-22H2,1-5H3/t27-,28-,38+/m0/s1. The van der Waals surface area contributed by atoms with Crippen LogP contribution in [0.2, 0.25) is 0 Å². The van der Waals surface area contributed by atoms with Crippen LogP contribution in [0.5, 0.6) is 0 Å². The molecule has 0 aromatic heterocycles. The van der Waals surface area contributed by atoms with Gasteiger partial charge in [-0.1, -0.05) is 92.7 Å². The molecule has 0 amide bonds. The molecule has 0 radical (unpaired) electrons. The summed E-state index contributed by atoms with van der Waals surface area (Å²) in [6, 6.07) is 22.6. The molecule has 0 bridgehead atoms. The van der Waals surface area contributed by atoms with Gasteiger partial charge in [0, 0.05) is 19.1 Å². The van der Waals surface area contributed by atoms with Crippen molar-refractivity contribution in [3.8, 4) is 0 Å². The summed E-state index contributed by atoms with van der Waals surface area (Å²) < 4.78 is 75.1. The summed E-state index contributed by atoms with van der Waals surface area (Å²) in [7, 11) is -7.12. The van der Waals surface area contributed by atoms with Crippen LogP contribution in [-0.2, 0) is 33.9 Å². The molecule has 0 heterocycles. The lowest BCUT2D eigenvalue weighted by Crippen LogP contribution is -2.63. The number of nitrogens with zero attached hydrogens (tertiary/aromatic N) is 1. The Morgan fingerprint density at radius 1 is 0.795 bits per heavy atom. The number of halogens is 2. The maximum Gasteiger partial charge on any atom is 0.367 e. The zero-order valence-corrected chi connectivity index (χ0v) is 24.7. The van der Waals surface area contributed by atoms with Crippen molar-refractivity contribution in [1.82, 2.24) is 9.62 Å². The molecule has 0 fully saturated rings. The van der Waals surface area contributed by atoms with Gasteiger partial charge in [-0.2, -0.15) is 8.78 Å². The average Bonchev–Trinajstić information content (AvgIpc) is 2.89. The van der Waals surface area contributed by atoms with Gasteiger partial charge in [0.15, 0.2) is 0 Å². The first-order valence-electron chi connectivity index (χ1n) is 12.9. The van der Waals surface area contributed by atoms with Crippen LogP contribution in [0.25, 0.3) is 0 Å². The Kier molecular flexibility index (Phi) is 10.2. The van der Waals surface area contributed by atoms with Crippen molar-refractivity contribution < 1.29 is 21.4 Å². The van der Waals surface area contributed by atoms with Gasteiger partial charge in [-0.3, -0.25) is 4.90 Å². The van der Waals surface area contributed by atoms with Crippen molar-refractivity contribution in [1.29, 1.82) is 0 Å². The van der Waals surface area contributed by atoms with Crippen LogP contribution in [0.4, 0.5) is 8.78 Å². The summed E-state index contributed by atoms with van der Waals surface area (Å²) >= 11 is 0. The molecule has 0 saturated heterocycles. The van der Waals surface area contributed by atoms with Gasteiger partial charge in [0.25, 0.3) is 0 Å². The summed E-state index contributed by atoms with van der Waals surface area (Å²) in [5.74, 6) is -0.427. The first kappa shape index (κ1) is 31.1. The molecule has 0 aliphatic carbocycles. The predicted octanol–water partition coefficient (Wildman–Crippen LogP) is 6.20. The highest BCUT2D eigenvalue weighted by Gasteiger charge is 2.58. The first-order valence-corrected chi connectivity index (χ1v) is 15.6. The minimum atomic E-state index is -5.14. The van der Waals surface area contributed by atoms with Crippen LogP contribution in [-0.4, -0.2) is 39.6 Å². The molecule has 3 rings (SSSR count). The number of benzene rings is 3. The van der Waals surface area contributed by atoms with Crippen LogP contribution in [0, 0.1) is 5.92 Å². The summed E-state index contributed by atoms with van der Waals surface area (Å²) in [5.41, 5.74) is 1.79. The van der Waals surface area contributed by atoms with E-state index in [4.69, 9.17) is 0 Å². The number of hydrogen-bond acceptors (Lipinski definition) is 4. The van der Waals surface area contributed by atoms with E-state index in [9.17, 15) is 12.6 Å². The van der Waals surface area contributed by atoms with Gasteiger partial charge in [-0.05, 0) is 49.9 Å². The van der Waals surface area contributed by atoms with E-state index in [2.05, 4.69) is 4.72 Å². The highest BCUT2D eigenvalue weighted by molar-refractivity contribution is 7.92. The average molecular weight is 577 g/mol. The van der Waals surface area contributed by atoms with Gasteiger partial charge < -0.3 is 0 Å². The Morgan fingerprint density at radius 2 is 1.21 bits per heavy atom. The van der Waals surface area contributed by atoms with E-state index in [0.29, 0.717) is 13.1 Å². The van der Waals surface area contributed by atoms with E-state index >= 15 is 8.78 Å². The van der Waals surface area contributed by atoms with Gasteiger partial charge in [-0.25, -0.2) is 17.3 Å². The fourth-order valence-electron chi connectivity index (χ4n) is 4.47. The Bertz CT molecular complexity index is 1270. The minimum Gasteiger partial charge on any atom is -0.290 e. The lowest BCUT2D eigenvalue weighted by atomic mass is 9.93. The van der Waals surface area contributed by atoms with Crippen LogP contribution < -0.4 is 4.72 Å². The molecule has 0 aliphatic heterocycles. The number of nitrogens with one attached hydrogen (secondary N) is 1. The van der Waals surface area contributed by atoms with Crippen LogP contribution >= 0.6 is 0 Å². The second-order valence-corrected chi connectivity index (χ2v) is 15.0. The van der Waals surface area contributed by atoms with E-state index in [0.717, 1.165) is 23.3 Å². The van der Waals surface area contributed by atoms with Crippen LogP contribution in [0.3, 0.4) is 0 Å². The summed E-state index contributed by atoms with van der Waals surface area (Å²) in [6.07, 6.45) is 0. The Balaban J connectivity index is 2.18. The second kappa shape index (κ2) is 12.8. The summed E-state index contributed by atoms with van der Waals surface area (Å²) in [4.78, 5) is 1.38. The molecule has 1 N–H and O–H groups in total. The van der Waals surface area contributed by atoms with Crippen molar-refractivity contribution in [3.63, 3.8) is 0 Å². The molecule has 0 unspecified atom stereocenters. The van der Waals surface area contributed by atoms with Gasteiger partial charge in [0.1, 0.15) is 6.04 Å². The zero-order valence-electron chi connectivity index (χ0n) is 23.1. The molecule has 5 nitrogen and oxygen atoms in total. The summed E-state index contributed by atoms with van der Waals surface area (Å²) in [6.45, 7) is 9.13. The maximum atomic E-state index is 16.5. The third-order valence-corrected chi connectivity index (χ3v) is 9.91. The number of alkyl halides is 2. The van der Waals surface area contributed by atoms with Crippen molar-refractivity contribution in [3.05, 3.63) is 102 Å². The smallest absolute Gasteiger partial charge is 0.290 e. The minimum absolute atomic E-state index is 0.292. The Hall–Kier alpha value is -2.46. The highest BCUT2D eigenvalue weighted by atomic mass is 32.2. The van der Waals surface area contributed by atoms with Crippen molar-refractivity contribution in [2.24, 2.45) is 5.92 Å². The molecule has 3 aromatic carbocycles. The predicted molar refractivity (Wildman–Crippen MR) is 154 cm³/mol. The van der Waals surface area contributed by atoms with E-state index in [1.165, 1.54) is 12.1 Å². The van der Waals surface area contributed by atoms with Gasteiger partial charge in [0.05, 0.1) is 20.6 Å². The largest absolute Gasteiger partial charge is 0.367 e. The lowest BCUT2D eigenvalue weighted by molar-refractivity contribution is -0.00757. The molecule has 3 atom stereocenters. The van der Waals surface area contributed by atoms with E-state index in [-0.39, 0.29) is 0 Å². The maximum absolute atomic E-state index is 16.5. The van der Waals surface area contributed by atoms with Gasteiger partial charge in [-0.15, -0.1) is 0 Å². The Morgan fingerprint density at radius 3 is 1.59 bits per heavy atom. The summed E-state index contributed by atoms with van der Waals surface area (Å²) in [5, 5.41) is -4.28. The molecule has 0 spiro atoms. The van der Waals surface area contributed by atoms with Gasteiger partial charge in [0.2, 0.25) is 9.84 Å². The van der Waals surface area contributed by atoms with Crippen molar-refractivity contribution in [2.75, 3.05) is 0 Å². The zero-order chi connectivity index (χ0) is 28.8. The topological polar surface area (TPSA) is 66.5 Å². The van der Waals surface area contributed by atoms with E-state index < -0.39 is 53.7 Å². The monoisotopic (exact) mass is 576 g/mol. The molecular weight excluding hydrogens is 538 g/mol. The van der Waals surface area contributed by atoms with Crippen LogP contribution in [0.15, 0.2) is 95.9 Å². The molecule has 0 saturated carbocycles. The SMILES string of the molecule is CC(C)[C@@H]([C@H](N[S@](=O)C(C)(C)C)C(F)(F)S(=O)(=O)c1ccccc1)N(Cc1ccccc1)Cc1ccccc1. The van der Waals surface area contributed by atoms with E-state index in [1.807, 2.05) is 65.6 Å². The highest BCUT2D eigenvalue weighted by Crippen LogP contribution is 2.38. The fourth-order valence-corrected chi connectivity index (χ4v) is 6.78. The quantitative estimate of drug-likeness (QED) is 0.279. The second-order valence-electron chi connectivity index (χ2n) is 11.0. The molecule has 39 heavy (non-hydrogen) atoms. The molecule has 3 aromatic rings. The normalized spacial score (nSPS) is 15.3. The lowest BCUT2D eigenvalue weighted by Gasteiger charge is -2.43.